The molecule has 0 spiro atoms. The van der Waals surface area contributed by atoms with Crippen LogP contribution in [0.3, 0.4) is 0 Å². The van der Waals surface area contributed by atoms with E-state index in [1.807, 2.05) is 36.4 Å². The Balaban J connectivity index is 1.39. The van der Waals surface area contributed by atoms with Crippen molar-refractivity contribution in [3.05, 3.63) is 42.0 Å². The molecule has 0 bridgehead atoms. The highest BCUT2D eigenvalue weighted by Gasteiger charge is 2.21. The van der Waals surface area contributed by atoms with Gasteiger partial charge >= 0.3 is 0 Å². The van der Waals surface area contributed by atoms with Gasteiger partial charge in [-0.05, 0) is 50.5 Å². The van der Waals surface area contributed by atoms with E-state index >= 15 is 0 Å². The number of likely N-dealkylation sites (tertiary alicyclic amines) is 1. The minimum Gasteiger partial charge on any atom is -0.354 e. The van der Waals surface area contributed by atoms with Gasteiger partial charge in [-0.3, -0.25) is 15.0 Å². The predicted octanol–water partition coefficient (Wildman–Crippen LogP) is 2.15. The van der Waals surface area contributed by atoms with Crippen LogP contribution in [0.25, 0.3) is 5.70 Å². The van der Waals surface area contributed by atoms with E-state index in [1.54, 1.807) is 0 Å². The van der Waals surface area contributed by atoms with Gasteiger partial charge in [0.2, 0.25) is 11.8 Å². The third-order valence-corrected chi connectivity index (χ3v) is 5.10. The Hall–Kier alpha value is -2.34. The molecule has 6 nitrogen and oxygen atoms in total. The van der Waals surface area contributed by atoms with Crippen molar-refractivity contribution in [1.29, 1.82) is 0 Å². The quantitative estimate of drug-likeness (QED) is 0.722. The minimum absolute atomic E-state index is 0.0344. The molecule has 146 valence electrons. The Morgan fingerprint density at radius 1 is 1.07 bits per heavy atom. The van der Waals surface area contributed by atoms with E-state index in [-0.39, 0.29) is 18.4 Å². The molecule has 1 fully saturated rings. The lowest BCUT2D eigenvalue weighted by molar-refractivity contribution is -0.137. The summed E-state index contributed by atoms with van der Waals surface area (Å²) in [6.07, 6.45) is 8.36. The summed E-state index contributed by atoms with van der Waals surface area (Å²) in [6, 6.07) is 9.82. The topological polar surface area (TPSA) is 64.7 Å². The largest absolute Gasteiger partial charge is 0.354 e. The van der Waals surface area contributed by atoms with Crippen molar-refractivity contribution >= 4 is 17.5 Å². The lowest BCUT2D eigenvalue weighted by Gasteiger charge is -2.29. The summed E-state index contributed by atoms with van der Waals surface area (Å²) in [4.78, 5) is 26.8. The molecular formula is C21H30N4O2. The lowest BCUT2D eigenvalue weighted by atomic mass is 10.1. The van der Waals surface area contributed by atoms with Crippen LogP contribution in [0, 0.1) is 0 Å². The van der Waals surface area contributed by atoms with Crippen molar-refractivity contribution in [3.63, 3.8) is 0 Å². The van der Waals surface area contributed by atoms with Crippen LogP contribution in [-0.4, -0.2) is 54.4 Å². The van der Waals surface area contributed by atoms with Gasteiger partial charge in [-0.15, -0.1) is 0 Å². The highest BCUT2D eigenvalue weighted by Crippen LogP contribution is 2.16. The predicted molar refractivity (Wildman–Crippen MR) is 106 cm³/mol. The molecule has 27 heavy (non-hydrogen) atoms. The van der Waals surface area contributed by atoms with Crippen LogP contribution < -0.4 is 10.7 Å². The molecule has 2 aliphatic rings. The number of nitrogens with zero attached hydrogens (tertiary/aromatic N) is 2. The van der Waals surface area contributed by atoms with Gasteiger partial charge in [-0.1, -0.05) is 43.2 Å². The molecule has 0 saturated carbocycles. The Kier molecular flexibility index (Phi) is 7.27. The lowest BCUT2D eigenvalue weighted by Crippen LogP contribution is -2.49. The summed E-state index contributed by atoms with van der Waals surface area (Å²) in [5.74, 6) is -0.213. The number of carbonyl (C=O) groups excluding carboxylic acids is 2. The average molecular weight is 370 g/mol. The molecule has 2 amide bonds. The summed E-state index contributed by atoms with van der Waals surface area (Å²) in [5, 5.41) is 4.35. The van der Waals surface area contributed by atoms with Gasteiger partial charge in [0.15, 0.2) is 0 Å². The van der Waals surface area contributed by atoms with Gasteiger partial charge in [0.25, 0.3) is 0 Å². The van der Waals surface area contributed by atoms with Gasteiger partial charge in [-0.2, -0.15) is 0 Å². The number of nitrogens with one attached hydrogen (secondary N) is 2. The fraction of sp³-hybridized carbons (Fsp3) is 0.524. The Bertz CT molecular complexity index is 651. The molecule has 0 aliphatic carbocycles. The zero-order valence-electron chi connectivity index (χ0n) is 16.0. The van der Waals surface area contributed by atoms with Crippen molar-refractivity contribution in [3.8, 4) is 0 Å². The fourth-order valence-corrected chi connectivity index (χ4v) is 3.57. The van der Waals surface area contributed by atoms with Gasteiger partial charge < -0.3 is 10.2 Å². The summed E-state index contributed by atoms with van der Waals surface area (Å²) < 4.78 is 0. The summed E-state index contributed by atoms with van der Waals surface area (Å²) >= 11 is 0. The highest BCUT2D eigenvalue weighted by atomic mass is 16.2. The number of hydrazine groups is 1. The maximum absolute atomic E-state index is 12.2. The molecule has 6 heteroatoms. The van der Waals surface area contributed by atoms with Crippen molar-refractivity contribution in [2.75, 3.05) is 32.7 Å². The monoisotopic (exact) mass is 370 g/mol. The molecular weight excluding hydrogens is 340 g/mol. The van der Waals surface area contributed by atoms with E-state index in [9.17, 15) is 9.59 Å². The zero-order valence-corrected chi connectivity index (χ0v) is 16.0. The van der Waals surface area contributed by atoms with Crippen LogP contribution >= 0.6 is 0 Å². The first-order valence-corrected chi connectivity index (χ1v) is 10.0. The van der Waals surface area contributed by atoms with Crippen LogP contribution in [-0.2, 0) is 9.59 Å². The summed E-state index contributed by atoms with van der Waals surface area (Å²) in [6.45, 7) is 4.07. The van der Waals surface area contributed by atoms with Crippen LogP contribution in [0.1, 0.15) is 44.1 Å². The maximum Gasteiger partial charge on any atom is 0.245 e. The normalized spacial score (nSPS) is 18.4. The SMILES string of the molecule is O=C(CN1NC(c2ccccc2)=CCC1=O)NCCCN1CCCCCC1. The van der Waals surface area contributed by atoms with E-state index < -0.39 is 0 Å². The van der Waals surface area contributed by atoms with Crippen molar-refractivity contribution < 1.29 is 9.59 Å². The van der Waals surface area contributed by atoms with Gasteiger partial charge in [0.05, 0.1) is 5.70 Å². The molecule has 0 unspecified atom stereocenters. The smallest absolute Gasteiger partial charge is 0.245 e. The van der Waals surface area contributed by atoms with Crippen molar-refractivity contribution in [1.82, 2.24) is 20.7 Å². The molecule has 1 saturated heterocycles. The van der Waals surface area contributed by atoms with E-state index in [4.69, 9.17) is 0 Å². The zero-order chi connectivity index (χ0) is 18.9. The number of hydrogen-bond donors (Lipinski definition) is 2. The second-order valence-corrected chi connectivity index (χ2v) is 7.24. The Morgan fingerprint density at radius 2 is 1.81 bits per heavy atom. The summed E-state index contributed by atoms with van der Waals surface area (Å²) in [5.41, 5.74) is 4.95. The first-order valence-electron chi connectivity index (χ1n) is 10.0. The number of amides is 2. The Labute approximate surface area is 161 Å². The van der Waals surface area contributed by atoms with E-state index in [2.05, 4.69) is 15.6 Å². The molecule has 3 rings (SSSR count). The number of benzene rings is 1. The molecule has 0 radical (unpaired) electrons. The van der Waals surface area contributed by atoms with E-state index in [1.165, 1.54) is 43.8 Å². The second kappa shape index (κ2) is 10.1. The number of rotatable bonds is 7. The number of carbonyl (C=O) groups is 2. The number of hydrogen-bond acceptors (Lipinski definition) is 4. The van der Waals surface area contributed by atoms with Gasteiger partial charge in [0.1, 0.15) is 6.54 Å². The van der Waals surface area contributed by atoms with Crippen LogP contribution in [0.2, 0.25) is 0 Å². The molecule has 0 aromatic heterocycles. The second-order valence-electron chi connectivity index (χ2n) is 7.24. The molecule has 2 heterocycles. The molecule has 1 aromatic carbocycles. The Morgan fingerprint density at radius 3 is 2.56 bits per heavy atom. The summed E-state index contributed by atoms with van der Waals surface area (Å²) in [7, 11) is 0. The van der Waals surface area contributed by atoms with Crippen molar-refractivity contribution in [2.24, 2.45) is 0 Å². The average Bonchev–Trinajstić information content (AvgIpc) is 2.96. The molecule has 1 aromatic rings. The van der Waals surface area contributed by atoms with Gasteiger partial charge in [-0.25, -0.2) is 5.01 Å². The van der Waals surface area contributed by atoms with Gasteiger partial charge in [0, 0.05) is 13.0 Å². The first-order chi connectivity index (χ1) is 13.2. The third kappa shape index (κ3) is 6.10. The molecule has 2 N–H and O–H groups in total. The third-order valence-electron chi connectivity index (χ3n) is 5.10. The fourth-order valence-electron chi connectivity index (χ4n) is 3.57. The van der Waals surface area contributed by atoms with E-state index in [0.717, 1.165) is 24.2 Å². The van der Waals surface area contributed by atoms with Crippen LogP contribution in [0.15, 0.2) is 36.4 Å². The first kappa shape index (κ1) is 19.4. The molecule has 2 aliphatic heterocycles. The molecule has 0 atom stereocenters. The van der Waals surface area contributed by atoms with Crippen LogP contribution in [0.5, 0.6) is 0 Å². The maximum atomic E-state index is 12.2. The van der Waals surface area contributed by atoms with Crippen LogP contribution in [0.4, 0.5) is 0 Å². The highest BCUT2D eigenvalue weighted by molar-refractivity contribution is 5.88. The minimum atomic E-state index is -0.124. The van der Waals surface area contributed by atoms with E-state index in [0.29, 0.717) is 13.0 Å². The van der Waals surface area contributed by atoms with Crippen molar-refractivity contribution in [2.45, 2.75) is 38.5 Å². The standard InChI is InChI=1S/C21H30N4O2/c26-20(22-13-8-16-24-14-6-1-2-7-15-24)17-25-21(27)12-11-19(23-25)18-9-4-3-5-10-18/h3-5,9-11,23H,1-2,6-8,12-17H2,(H,22,26).